The first-order valence-corrected chi connectivity index (χ1v) is 6.29. The topological polar surface area (TPSA) is 42.1 Å². The number of likely N-dealkylation sites (N-methyl/N-ethyl adjacent to an activating group) is 1. The Bertz CT molecular complexity index is 568. The van der Waals surface area contributed by atoms with Crippen LogP contribution in [0.4, 0.5) is 0 Å². The van der Waals surface area contributed by atoms with Gasteiger partial charge in [-0.3, -0.25) is 9.88 Å². The fourth-order valence-corrected chi connectivity index (χ4v) is 2.29. The van der Waals surface area contributed by atoms with Gasteiger partial charge < -0.3 is 5.73 Å². The van der Waals surface area contributed by atoms with Crippen molar-refractivity contribution in [3.05, 3.63) is 41.0 Å². The summed E-state index contributed by atoms with van der Waals surface area (Å²) in [5, 5.41) is 1.80. The zero-order valence-corrected chi connectivity index (χ0v) is 11.7. The van der Waals surface area contributed by atoms with Crippen LogP contribution in [0.25, 0.3) is 10.9 Å². The van der Waals surface area contributed by atoms with E-state index in [0.717, 1.165) is 10.9 Å². The van der Waals surface area contributed by atoms with Crippen LogP contribution in [0.3, 0.4) is 0 Å². The minimum absolute atomic E-state index is 0.213. The maximum atomic E-state index is 6.01. The first-order chi connectivity index (χ1) is 8.49. The number of hydrogen-bond acceptors (Lipinski definition) is 3. The fourth-order valence-electron chi connectivity index (χ4n) is 2.12. The Kier molecular flexibility index (Phi) is 3.57. The average Bonchev–Trinajstić information content (AvgIpc) is 2.36. The van der Waals surface area contributed by atoms with Crippen molar-refractivity contribution in [2.24, 2.45) is 5.73 Å². The third kappa shape index (κ3) is 2.09. The molecule has 1 aromatic heterocycles. The molecule has 0 aliphatic heterocycles. The molecule has 0 amide bonds. The molecule has 2 N–H and O–H groups in total. The van der Waals surface area contributed by atoms with E-state index >= 15 is 0 Å². The lowest BCUT2D eigenvalue weighted by Gasteiger charge is -2.36. The van der Waals surface area contributed by atoms with Gasteiger partial charge in [0, 0.05) is 23.2 Å². The Morgan fingerprint density at radius 2 is 2.06 bits per heavy atom. The van der Waals surface area contributed by atoms with Crippen LogP contribution in [0.2, 0.25) is 5.02 Å². The normalized spacial score (nSPS) is 15.0. The van der Waals surface area contributed by atoms with Crippen molar-refractivity contribution in [1.29, 1.82) is 0 Å². The molecule has 4 heteroatoms. The monoisotopic (exact) mass is 263 g/mol. The number of hydrogen-bond donors (Lipinski definition) is 1. The highest BCUT2D eigenvalue weighted by atomic mass is 35.5. The molecule has 0 spiro atoms. The van der Waals surface area contributed by atoms with Gasteiger partial charge in [-0.25, -0.2) is 0 Å². The highest BCUT2D eigenvalue weighted by molar-refractivity contribution is 6.31. The summed E-state index contributed by atoms with van der Waals surface area (Å²) in [4.78, 5) is 6.50. The molecule has 0 fully saturated rings. The maximum Gasteiger partial charge on any atom is 0.0720 e. The van der Waals surface area contributed by atoms with Gasteiger partial charge in [0.25, 0.3) is 0 Å². The molecule has 2 aromatic rings. The molecule has 1 unspecified atom stereocenters. The second-order valence-electron chi connectivity index (χ2n) is 4.89. The van der Waals surface area contributed by atoms with Crippen molar-refractivity contribution in [1.82, 2.24) is 9.88 Å². The lowest BCUT2D eigenvalue weighted by molar-refractivity contribution is 0.185. The number of pyridine rings is 1. The number of nitrogens with two attached hydrogens (primary N) is 1. The number of halogens is 1. The van der Waals surface area contributed by atoms with E-state index in [1.54, 1.807) is 0 Å². The van der Waals surface area contributed by atoms with Crippen molar-refractivity contribution in [2.45, 2.75) is 12.5 Å². The summed E-state index contributed by atoms with van der Waals surface area (Å²) in [5.74, 6) is 0. The molecule has 96 valence electrons. The lowest BCUT2D eigenvalue weighted by atomic mass is 9.88. The molecule has 1 heterocycles. The summed E-state index contributed by atoms with van der Waals surface area (Å²) < 4.78 is 0. The molecular formula is C14H18ClN3. The number of nitrogens with zero attached hydrogens (tertiary/aromatic N) is 2. The summed E-state index contributed by atoms with van der Waals surface area (Å²) in [6.07, 6.45) is 1.81. The van der Waals surface area contributed by atoms with Crippen molar-refractivity contribution in [2.75, 3.05) is 20.6 Å². The van der Waals surface area contributed by atoms with E-state index in [0.29, 0.717) is 11.6 Å². The van der Waals surface area contributed by atoms with Crippen LogP contribution in [0.5, 0.6) is 0 Å². The number of rotatable bonds is 3. The molecule has 0 saturated carbocycles. The van der Waals surface area contributed by atoms with Crippen LogP contribution >= 0.6 is 11.6 Å². The predicted molar refractivity (Wildman–Crippen MR) is 76.8 cm³/mol. The summed E-state index contributed by atoms with van der Waals surface area (Å²) in [5.41, 5.74) is 7.84. The number of fused-ring (bicyclic) bond motifs is 1. The molecule has 2 rings (SSSR count). The van der Waals surface area contributed by atoms with Gasteiger partial charge in [-0.05, 0) is 44.8 Å². The van der Waals surface area contributed by atoms with Crippen LogP contribution in [-0.2, 0) is 5.54 Å². The molecule has 1 aromatic carbocycles. The smallest absolute Gasteiger partial charge is 0.0720 e. The molecular weight excluding hydrogens is 246 g/mol. The predicted octanol–water partition coefficient (Wildman–Crippen LogP) is 2.62. The first-order valence-electron chi connectivity index (χ1n) is 5.91. The Morgan fingerprint density at radius 3 is 2.67 bits per heavy atom. The van der Waals surface area contributed by atoms with Gasteiger partial charge in [0.05, 0.1) is 11.1 Å². The van der Waals surface area contributed by atoms with Crippen molar-refractivity contribution < 1.29 is 0 Å². The Morgan fingerprint density at radius 1 is 1.33 bits per heavy atom. The maximum absolute atomic E-state index is 6.01. The van der Waals surface area contributed by atoms with E-state index in [1.165, 1.54) is 5.56 Å². The van der Waals surface area contributed by atoms with Crippen LogP contribution in [0.1, 0.15) is 12.5 Å². The lowest BCUT2D eigenvalue weighted by Crippen LogP contribution is -2.45. The summed E-state index contributed by atoms with van der Waals surface area (Å²) >= 11 is 6.01. The van der Waals surface area contributed by atoms with Crippen LogP contribution in [0.15, 0.2) is 30.5 Å². The van der Waals surface area contributed by atoms with Gasteiger partial charge in [-0.2, -0.15) is 0 Å². The second-order valence-corrected chi connectivity index (χ2v) is 5.33. The van der Waals surface area contributed by atoms with E-state index in [-0.39, 0.29) is 5.54 Å². The molecule has 0 aliphatic carbocycles. The zero-order chi connectivity index (χ0) is 13.3. The SMILES string of the molecule is CN(C)C(C)(CN)c1ccnc2cc(Cl)ccc12. The number of aromatic nitrogens is 1. The minimum atomic E-state index is -0.213. The zero-order valence-electron chi connectivity index (χ0n) is 10.9. The van der Waals surface area contributed by atoms with Crippen molar-refractivity contribution in [3.63, 3.8) is 0 Å². The van der Waals surface area contributed by atoms with Gasteiger partial charge in [0.2, 0.25) is 0 Å². The molecule has 1 atom stereocenters. The van der Waals surface area contributed by atoms with E-state index in [1.807, 2.05) is 44.6 Å². The standard InChI is InChI=1S/C14H18ClN3/c1-14(9-16,18(2)3)12-6-7-17-13-8-10(15)4-5-11(12)13/h4-8H,9,16H2,1-3H3. The Hall–Kier alpha value is -1.16. The van der Waals surface area contributed by atoms with Gasteiger partial charge in [0.1, 0.15) is 0 Å². The van der Waals surface area contributed by atoms with E-state index in [4.69, 9.17) is 17.3 Å². The fraction of sp³-hybridized carbons (Fsp3) is 0.357. The van der Waals surface area contributed by atoms with E-state index < -0.39 is 0 Å². The van der Waals surface area contributed by atoms with E-state index in [2.05, 4.69) is 16.8 Å². The highest BCUT2D eigenvalue weighted by Crippen LogP contribution is 2.31. The molecule has 0 aliphatic rings. The van der Waals surface area contributed by atoms with Gasteiger partial charge in [0.15, 0.2) is 0 Å². The quantitative estimate of drug-likeness (QED) is 0.926. The van der Waals surface area contributed by atoms with Gasteiger partial charge in [-0.15, -0.1) is 0 Å². The Balaban J connectivity index is 2.71. The Labute approximate surface area is 113 Å². The van der Waals surface area contributed by atoms with Crippen LogP contribution in [-0.4, -0.2) is 30.5 Å². The van der Waals surface area contributed by atoms with Crippen LogP contribution in [0, 0.1) is 0 Å². The second kappa shape index (κ2) is 4.84. The summed E-state index contributed by atoms with van der Waals surface area (Å²) in [6.45, 7) is 2.68. The third-order valence-electron chi connectivity index (χ3n) is 3.67. The highest BCUT2D eigenvalue weighted by Gasteiger charge is 2.29. The molecule has 0 bridgehead atoms. The van der Waals surface area contributed by atoms with Crippen LogP contribution < -0.4 is 5.73 Å². The molecule has 0 radical (unpaired) electrons. The molecule has 18 heavy (non-hydrogen) atoms. The summed E-state index contributed by atoms with van der Waals surface area (Å²) in [6, 6.07) is 7.81. The van der Waals surface area contributed by atoms with Crippen molar-refractivity contribution >= 4 is 22.5 Å². The van der Waals surface area contributed by atoms with Gasteiger partial charge in [-0.1, -0.05) is 17.7 Å². The minimum Gasteiger partial charge on any atom is -0.328 e. The molecule has 0 saturated heterocycles. The van der Waals surface area contributed by atoms with Crippen molar-refractivity contribution in [3.8, 4) is 0 Å². The largest absolute Gasteiger partial charge is 0.328 e. The summed E-state index contributed by atoms with van der Waals surface area (Å²) in [7, 11) is 4.07. The first kappa shape index (κ1) is 13.3. The van der Waals surface area contributed by atoms with Gasteiger partial charge >= 0.3 is 0 Å². The van der Waals surface area contributed by atoms with E-state index in [9.17, 15) is 0 Å². The molecule has 3 nitrogen and oxygen atoms in total. The number of benzene rings is 1. The average molecular weight is 264 g/mol. The third-order valence-corrected chi connectivity index (χ3v) is 3.90.